The highest BCUT2D eigenvalue weighted by atomic mass is 15.2. The van der Waals surface area contributed by atoms with Crippen LogP contribution in [0.1, 0.15) is 72.1 Å². The van der Waals surface area contributed by atoms with Crippen molar-refractivity contribution in [2.45, 2.75) is 78.2 Å². The van der Waals surface area contributed by atoms with Crippen molar-refractivity contribution >= 4 is 0 Å². The fourth-order valence-electron chi connectivity index (χ4n) is 3.45. The number of rotatable bonds is 7. The van der Waals surface area contributed by atoms with E-state index in [1.54, 1.807) is 0 Å². The maximum absolute atomic E-state index is 5.80. The molecule has 102 valence electrons. The molecule has 0 aromatic heterocycles. The van der Waals surface area contributed by atoms with Crippen LogP contribution >= 0.6 is 0 Å². The van der Waals surface area contributed by atoms with E-state index in [1.807, 2.05) is 0 Å². The standard InChI is InChI=1S/C15H32N2/c1-4-12(5-2)11-15(17-16)14-9-7-8-13(6-3)10-14/h12-15,17H,4-11,16H2,1-3H3. The van der Waals surface area contributed by atoms with Gasteiger partial charge in [-0.3, -0.25) is 11.3 Å². The van der Waals surface area contributed by atoms with Crippen LogP contribution in [0.4, 0.5) is 0 Å². The maximum Gasteiger partial charge on any atom is 0.0241 e. The van der Waals surface area contributed by atoms with Gasteiger partial charge in [-0.05, 0) is 37.0 Å². The largest absolute Gasteiger partial charge is 0.271 e. The van der Waals surface area contributed by atoms with Gasteiger partial charge in [0, 0.05) is 6.04 Å². The summed E-state index contributed by atoms with van der Waals surface area (Å²) in [6, 6.07) is 0.550. The number of nitrogens with two attached hydrogens (primary N) is 1. The van der Waals surface area contributed by atoms with E-state index < -0.39 is 0 Å². The molecule has 0 aromatic rings. The smallest absolute Gasteiger partial charge is 0.0241 e. The molecule has 1 fully saturated rings. The molecule has 0 spiro atoms. The third-order valence-electron chi connectivity index (χ3n) is 4.93. The van der Waals surface area contributed by atoms with Gasteiger partial charge in [-0.1, -0.05) is 52.9 Å². The van der Waals surface area contributed by atoms with E-state index in [9.17, 15) is 0 Å². The van der Waals surface area contributed by atoms with Crippen LogP contribution in [0.25, 0.3) is 0 Å². The predicted molar refractivity (Wildman–Crippen MR) is 75.5 cm³/mol. The Morgan fingerprint density at radius 1 is 1.18 bits per heavy atom. The zero-order chi connectivity index (χ0) is 12.7. The highest BCUT2D eigenvalue weighted by molar-refractivity contribution is 4.82. The van der Waals surface area contributed by atoms with Crippen molar-refractivity contribution in [2.75, 3.05) is 0 Å². The summed E-state index contributed by atoms with van der Waals surface area (Å²) in [5, 5.41) is 0. The van der Waals surface area contributed by atoms with Gasteiger partial charge in [-0.15, -0.1) is 0 Å². The lowest BCUT2D eigenvalue weighted by Crippen LogP contribution is -2.43. The van der Waals surface area contributed by atoms with Gasteiger partial charge in [0.25, 0.3) is 0 Å². The zero-order valence-electron chi connectivity index (χ0n) is 12.0. The van der Waals surface area contributed by atoms with Crippen molar-refractivity contribution < 1.29 is 0 Å². The van der Waals surface area contributed by atoms with Crippen molar-refractivity contribution in [2.24, 2.45) is 23.6 Å². The van der Waals surface area contributed by atoms with Gasteiger partial charge < -0.3 is 0 Å². The Morgan fingerprint density at radius 2 is 1.88 bits per heavy atom. The minimum Gasteiger partial charge on any atom is -0.271 e. The van der Waals surface area contributed by atoms with Crippen LogP contribution in [-0.2, 0) is 0 Å². The Morgan fingerprint density at radius 3 is 2.41 bits per heavy atom. The second kappa shape index (κ2) is 8.10. The van der Waals surface area contributed by atoms with Gasteiger partial charge in [0.05, 0.1) is 0 Å². The van der Waals surface area contributed by atoms with Gasteiger partial charge in [0.1, 0.15) is 0 Å². The van der Waals surface area contributed by atoms with Crippen LogP contribution < -0.4 is 11.3 Å². The average Bonchev–Trinajstić information content (AvgIpc) is 2.40. The minimum atomic E-state index is 0.550. The molecule has 0 aliphatic heterocycles. The van der Waals surface area contributed by atoms with Crippen LogP contribution in [-0.4, -0.2) is 6.04 Å². The summed E-state index contributed by atoms with van der Waals surface area (Å²) in [5.74, 6) is 8.41. The second-order valence-electron chi connectivity index (χ2n) is 5.89. The molecule has 0 bridgehead atoms. The van der Waals surface area contributed by atoms with Crippen molar-refractivity contribution in [1.29, 1.82) is 0 Å². The van der Waals surface area contributed by atoms with Crippen molar-refractivity contribution in [3.8, 4) is 0 Å². The third kappa shape index (κ3) is 4.59. The van der Waals surface area contributed by atoms with Crippen LogP contribution in [0.3, 0.4) is 0 Å². The molecule has 0 amide bonds. The average molecular weight is 240 g/mol. The molecule has 1 aliphatic carbocycles. The lowest BCUT2D eigenvalue weighted by molar-refractivity contribution is 0.186. The first-order chi connectivity index (χ1) is 8.24. The van der Waals surface area contributed by atoms with E-state index in [-0.39, 0.29) is 0 Å². The molecule has 2 nitrogen and oxygen atoms in total. The molecule has 3 unspecified atom stereocenters. The number of nitrogens with one attached hydrogen (secondary N) is 1. The van der Waals surface area contributed by atoms with Crippen molar-refractivity contribution in [1.82, 2.24) is 5.43 Å². The number of hydrogen-bond acceptors (Lipinski definition) is 2. The summed E-state index contributed by atoms with van der Waals surface area (Å²) >= 11 is 0. The molecule has 3 atom stereocenters. The summed E-state index contributed by atoms with van der Waals surface area (Å²) < 4.78 is 0. The number of hydrazine groups is 1. The van der Waals surface area contributed by atoms with Crippen LogP contribution in [0, 0.1) is 17.8 Å². The Hall–Kier alpha value is -0.0800. The molecule has 0 saturated heterocycles. The summed E-state index contributed by atoms with van der Waals surface area (Å²) in [6.45, 7) is 6.94. The van der Waals surface area contributed by atoms with E-state index >= 15 is 0 Å². The minimum absolute atomic E-state index is 0.550. The van der Waals surface area contributed by atoms with E-state index in [2.05, 4.69) is 26.2 Å². The van der Waals surface area contributed by atoms with Crippen LogP contribution in [0.5, 0.6) is 0 Å². The zero-order valence-corrected chi connectivity index (χ0v) is 12.0. The molecule has 1 rings (SSSR count). The quantitative estimate of drug-likeness (QED) is 0.524. The Bertz CT molecular complexity index is 189. The second-order valence-corrected chi connectivity index (χ2v) is 5.89. The molecular formula is C15H32N2. The molecule has 0 aromatic carbocycles. The monoisotopic (exact) mass is 240 g/mol. The third-order valence-corrected chi connectivity index (χ3v) is 4.93. The predicted octanol–water partition coefficient (Wildman–Crippen LogP) is 3.86. The molecular weight excluding hydrogens is 208 g/mol. The summed E-state index contributed by atoms with van der Waals surface area (Å²) in [6.07, 6.45) is 10.8. The first kappa shape index (κ1) is 15.0. The van der Waals surface area contributed by atoms with Gasteiger partial charge >= 0.3 is 0 Å². The van der Waals surface area contributed by atoms with E-state index in [0.717, 1.165) is 17.8 Å². The van der Waals surface area contributed by atoms with Crippen molar-refractivity contribution in [3.05, 3.63) is 0 Å². The van der Waals surface area contributed by atoms with Gasteiger partial charge in [0.2, 0.25) is 0 Å². The normalized spacial score (nSPS) is 27.4. The Kier molecular flexibility index (Phi) is 7.14. The van der Waals surface area contributed by atoms with Gasteiger partial charge in [-0.25, -0.2) is 0 Å². The highest BCUT2D eigenvalue weighted by Crippen LogP contribution is 2.34. The topological polar surface area (TPSA) is 38.0 Å². The first-order valence-corrected chi connectivity index (χ1v) is 7.71. The molecule has 0 radical (unpaired) electrons. The molecule has 3 N–H and O–H groups in total. The molecule has 1 saturated carbocycles. The van der Waals surface area contributed by atoms with Gasteiger partial charge in [0.15, 0.2) is 0 Å². The fraction of sp³-hybridized carbons (Fsp3) is 1.00. The SMILES string of the molecule is CCC1CCCC(C(CC(CC)CC)NN)C1. The van der Waals surface area contributed by atoms with E-state index in [0.29, 0.717) is 6.04 Å². The lowest BCUT2D eigenvalue weighted by atomic mass is 9.74. The maximum atomic E-state index is 5.80. The Labute approximate surface area is 108 Å². The lowest BCUT2D eigenvalue weighted by Gasteiger charge is -2.35. The highest BCUT2D eigenvalue weighted by Gasteiger charge is 2.28. The molecule has 1 aliphatic rings. The number of hydrogen-bond donors (Lipinski definition) is 2. The van der Waals surface area contributed by atoms with Crippen molar-refractivity contribution in [3.63, 3.8) is 0 Å². The van der Waals surface area contributed by atoms with Crippen LogP contribution in [0.15, 0.2) is 0 Å². The van der Waals surface area contributed by atoms with Gasteiger partial charge in [-0.2, -0.15) is 0 Å². The fourth-order valence-corrected chi connectivity index (χ4v) is 3.45. The molecule has 2 heteroatoms. The summed E-state index contributed by atoms with van der Waals surface area (Å²) in [5.41, 5.74) is 3.12. The first-order valence-electron chi connectivity index (χ1n) is 7.71. The van der Waals surface area contributed by atoms with E-state index in [1.165, 1.54) is 51.4 Å². The molecule has 0 heterocycles. The van der Waals surface area contributed by atoms with Crippen LogP contribution in [0.2, 0.25) is 0 Å². The molecule has 17 heavy (non-hydrogen) atoms. The van der Waals surface area contributed by atoms with E-state index in [4.69, 9.17) is 5.84 Å². The summed E-state index contributed by atoms with van der Waals surface area (Å²) in [7, 11) is 0. The Balaban J connectivity index is 2.48. The summed E-state index contributed by atoms with van der Waals surface area (Å²) in [4.78, 5) is 0.